The summed E-state index contributed by atoms with van der Waals surface area (Å²) in [5.41, 5.74) is 1.37. The van der Waals surface area contributed by atoms with E-state index in [1.807, 2.05) is 0 Å². The van der Waals surface area contributed by atoms with Crippen LogP contribution in [0, 0.1) is 0 Å². The van der Waals surface area contributed by atoms with E-state index in [1.54, 1.807) is 0 Å². The zero-order valence-electron chi connectivity index (χ0n) is 11.6. The summed E-state index contributed by atoms with van der Waals surface area (Å²) in [4.78, 5) is 0. The molecule has 2 rings (SSSR count). The summed E-state index contributed by atoms with van der Waals surface area (Å²) in [7, 11) is 0. The van der Waals surface area contributed by atoms with Crippen LogP contribution in [0.1, 0.15) is 51.1 Å². The highest BCUT2D eigenvalue weighted by Crippen LogP contribution is 2.34. The normalized spacial score (nSPS) is 22.0. The smallest absolute Gasteiger partial charge is 0.0538 e. The summed E-state index contributed by atoms with van der Waals surface area (Å²) >= 11 is 2.13. The molecule has 2 unspecified atom stereocenters. The zero-order valence-corrected chi connectivity index (χ0v) is 12.4. The predicted octanol–water partition coefficient (Wildman–Crippen LogP) is 3.23. The first-order valence-corrected chi connectivity index (χ1v) is 8.27. The Morgan fingerprint density at radius 1 is 1.50 bits per heavy atom. The Bertz CT molecular complexity index is 345. The van der Waals surface area contributed by atoms with Crippen LogP contribution in [0.3, 0.4) is 0 Å². The molecule has 1 aromatic rings. The van der Waals surface area contributed by atoms with Crippen LogP contribution in [-0.4, -0.2) is 27.3 Å². The molecule has 2 atom stereocenters. The lowest BCUT2D eigenvalue weighted by Crippen LogP contribution is -2.31. The van der Waals surface area contributed by atoms with Gasteiger partial charge in [0.2, 0.25) is 0 Å². The molecule has 1 aromatic heterocycles. The Kier molecular flexibility index (Phi) is 5.57. The molecule has 1 saturated heterocycles. The first-order valence-electron chi connectivity index (χ1n) is 7.22. The molecule has 0 bridgehead atoms. The number of aryl methyl sites for hydroxylation is 1. The summed E-state index contributed by atoms with van der Waals surface area (Å²) in [5, 5.41) is 8.84. The third-order valence-electron chi connectivity index (χ3n) is 3.48. The van der Waals surface area contributed by atoms with E-state index in [-0.39, 0.29) is 0 Å². The van der Waals surface area contributed by atoms with Gasteiger partial charge in [0.25, 0.3) is 0 Å². The molecule has 0 aliphatic carbocycles. The van der Waals surface area contributed by atoms with Crippen LogP contribution in [0.2, 0.25) is 0 Å². The summed E-state index contributed by atoms with van der Waals surface area (Å²) < 4.78 is 2.08. The van der Waals surface area contributed by atoms with Gasteiger partial charge in [-0.05, 0) is 31.6 Å². The van der Waals surface area contributed by atoms with Gasteiger partial charge in [-0.3, -0.25) is 4.68 Å². The van der Waals surface area contributed by atoms with Crippen molar-refractivity contribution in [2.75, 3.05) is 12.3 Å². The van der Waals surface area contributed by atoms with Gasteiger partial charge in [-0.1, -0.05) is 20.3 Å². The fourth-order valence-corrected chi connectivity index (χ4v) is 4.06. The number of thioether (sulfide) groups is 1. The second-order valence-electron chi connectivity index (χ2n) is 4.98. The summed E-state index contributed by atoms with van der Waals surface area (Å²) in [6.45, 7) is 6.44. The van der Waals surface area contributed by atoms with Gasteiger partial charge < -0.3 is 5.32 Å². The van der Waals surface area contributed by atoms with E-state index in [1.165, 1.54) is 30.6 Å². The molecule has 2 heterocycles. The lowest BCUT2D eigenvalue weighted by atomic mass is 10.0. The minimum absolute atomic E-state index is 0.478. The molecule has 1 fully saturated rings. The Morgan fingerprint density at radius 3 is 3.06 bits per heavy atom. The quantitative estimate of drug-likeness (QED) is 0.858. The standard InChI is InChI=1S/C14H25N3S/c1-3-8-17-11-12(10-16-17)14(15-4-2)13-7-5-6-9-18-13/h10-11,13-15H,3-9H2,1-2H3. The minimum atomic E-state index is 0.478. The van der Waals surface area contributed by atoms with Crippen molar-refractivity contribution in [1.29, 1.82) is 0 Å². The third-order valence-corrected chi connectivity index (χ3v) is 4.94. The van der Waals surface area contributed by atoms with Gasteiger partial charge in [-0.15, -0.1) is 0 Å². The molecule has 0 aromatic carbocycles. The van der Waals surface area contributed by atoms with E-state index in [2.05, 4.69) is 53.1 Å². The first kappa shape index (κ1) is 13.9. The van der Waals surface area contributed by atoms with E-state index in [0.717, 1.165) is 24.8 Å². The van der Waals surface area contributed by atoms with Crippen molar-refractivity contribution < 1.29 is 0 Å². The number of hydrogen-bond donors (Lipinski definition) is 1. The summed E-state index contributed by atoms with van der Waals surface area (Å²) in [6.07, 6.45) is 9.52. The summed E-state index contributed by atoms with van der Waals surface area (Å²) in [6, 6.07) is 0.478. The van der Waals surface area contributed by atoms with E-state index in [4.69, 9.17) is 0 Å². The highest BCUT2D eigenvalue weighted by atomic mass is 32.2. The number of nitrogens with zero attached hydrogens (tertiary/aromatic N) is 2. The van der Waals surface area contributed by atoms with Gasteiger partial charge in [0.1, 0.15) is 0 Å². The van der Waals surface area contributed by atoms with Crippen molar-refractivity contribution >= 4 is 11.8 Å². The van der Waals surface area contributed by atoms with Crippen LogP contribution >= 0.6 is 11.8 Å². The van der Waals surface area contributed by atoms with E-state index in [9.17, 15) is 0 Å². The molecule has 18 heavy (non-hydrogen) atoms. The monoisotopic (exact) mass is 267 g/mol. The van der Waals surface area contributed by atoms with Crippen molar-refractivity contribution in [3.05, 3.63) is 18.0 Å². The fraction of sp³-hybridized carbons (Fsp3) is 0.786. The van der Waals surface area contributed by atoms with Gasteiger partial charge in [-0.2, -0.15) is 16.9 Å². The van der Waals surface area contributed by atoms with Gasteiger partial charge in [0.15, 0.2) is 0 Å². The Morgan fingerprint density at radius 2 is 2.39 bits per heavy atom. The van der Waals surface area contributed by atoms with Crippen LogP contribution in [0.4, 0.5) is 0 Å². The molecule has 0 radical (unpaired) electrons. The first-order chi connectivity index (χ1) is 8.85. The maximum absolute atomic E-state index is 4.47. The molecule has 1 N–H and O–H groups in total. The lowest BCUT2D eigenvalue weighted by Gasteiger charge is -2.29. The van der Waals surface area contributed by atoms with E-state index >= 15 is 0 Å². The number of hydrogen-bond acceptors (Lipinski definition) is 3. The molecule has 1 aliphatic rings. The largest absolute Gasteiger partial charge is 0.309 e. The Labute approximate surface area is 115 Å². The molecule has 0 spiro atoms. The third kappa shape index (κ3) is 3.51. The van der Waals surface area contributed by atoms with Crippen LogP contribution in [0.25, 0.3) is 0 Å². The minimum Gasteiger partial charge on any atom is -0.309 e. The fourth-order valence-electron chi connectivity index (χ4n) is 2.60. The topological polar surface area (TPSA) is 29.9 Å². The van der Waals surface area contributed by atoms with Gasteiger partial charge >= 0.3 is 0 Å². The second-order valence-corrected chi connectivity index (χ2v) is 6.32. The van der Waals surface area contributed by atoms with Crippen LogP contribution < -0.4 is 5.32 Å². The van der Waals surface area contributed by atoms with E-state index < -0.39 is 0 Å². The molecule has 102 valence electrons. The maximum Gasteiger partial charge on any atom is 0.0538 e. The molecule has 4 heteroatoms. The van der Waals surface area contributed by atoms with Gasteiger partial charge in [0.05, 0.1) is 6.20 Å². The van der Waals surface area contributed by atoms with E-state index in [0.29, 0.717) is 6.04 Å². The maximum atomic E-state index is 4.47. The summed E-state index contributed by atoms with van der Waals surface area (Å²) in [5.74, 6) is 1.32. The highest BCUT2D eigenvalue weighted by Gasteiger charge is 2.25. The molecule has 0 amide bonds. The Balaban J connectivity index is 2.06. The number of rotatable bonds is 6. The molecule has 0 saturated carbocycles. The predicted molar refractivity (Wildman–Crippen MR) is 79.0 cm³/mol. The van der Waals surface area contributed by atoms with Crippen molar-refractivity contribution in [2.24, 2.45) is 0 Å². The van der Waals surface area contributed by atoms with Gasteiger partial charge in [0, 0.05) is 29.6 Å². The second kappa shape index (κ2) is 7.19. The molecular formula is C14H25N3S. The number of aromatic nitrogens is 2. The number of nitrogens with one attached hydrogen (secondary N) is 1. The van der Waals surface area contributed by atoms with Crippen molar-refractivity contribution in [3.8, 4) is 0 Å². The lowest BCUT2D eigenvalue weighted by molar-refractivity contribution is 0.490. The highest BCUT2D eigenvalue weighted by molar-refractivity contribution is 8.00. The molecular weight excluding hydrogens is 242 g/mol. The van der Waals surface area contributed by atoms with Crippen LogP contribution in [-0.2, 0) is 6.54 Å². The average Bonchev–Trinajstić information content (AvgIpc) is 2.86. The van der Waals surface area contributed by atoms with Crippen molar-refractivity contribution in [1.82, 2.24) is 15.1 Å². The van der Waals surface area contributed by atoms with Crippen molar-refractivity contribution in [2.45, 2.75) is 57.4 Å². The van der Waals surface area contributed by atoms with Gasteiger partial charge in [-0.25, -0.2) is 0 Å². The van der Waals surface area contributed by atoms with Crippen LogP contribution in [0.5, 0.6) is 0 Å². The Hall–Kier alpha value is -0.480. The molecule has 1 aliphatic heterocycles. The average molecular weight is 267 g/mol. The zero-order chi connectivity index (χ0) is 12.8. The molecule has 3 nitrogen and oxygen atoms in total. The SMILES string of the molecule is CCCn1cc(C(NCC)C2CCCCS2)cn1. The van der Waals surface area contributed by atoms with Crippen molar-refractivity contribution in [3.63, 3.8) is 0 Å². The van der Waals surface area contributed by atoms with Crippen LogP contribution in [0.15, 0.2) is 12.4 Å².